The molecule has 0 bridgehead atoms. The number of nitrogens with zero attached hydrogens (tertiary/aromatic N) is 2. The third kappa shape index (κ3) is 3.37. The van der Waals surface area contributed by atoms with Gasteiger partial charge in [-0.2, -0.15) is 0 Å². The Labute approximate surface area is 115 Å². The average Bonchev–Trinajstić information content (AvgIpc) is 2.31. The molecule has 1 aromatic carbocycles. The molecule has 1 aromatic rings. The Hall–Kier alpha value is -0.770. The van der Waals surface area contributed by atoms with Crippen LogP contribution >= 0.6 is 11.6 Å². The number of hydrogen-bond acceptors (Lipinski definition) is 3. The van der Waals surface area contributed by atoms with E-state index in [1.807, 2.05) is 12.1 Å². The molecule has 2 atom stereocenters. The Morgan fingerprint density at radius 2 is 2.22 bits per heavy atom. The lowest BCUT2D eigenvalue weighted by molar-refractivity contribution is 0.317. The predicted octanol–water partition coefficient (Wildman–Crippen LogP) is 2.07. The highest BCUT2D eigenvalue weighted by molar-refractivity contribution is 6.30. The molecule has 1 heterocycles. The predicted molar refractivity (Wildman–Crippen MR) is 78.6 cm³/mol. The van der Waals surface area contributed by atoms with Gasteiger partial charge in [0.05, 0.1) is 6.04 Å². The first-order chi connectivity index (χ1) is 8.56. The third-order valence-electron chi connectivity index (χ3n) is 3.33. The summed E-state index contributed by atoms with van der Waals surface area (Å²) in [6, 6.07) is 9.17. The molecule has 2 rings (SSSR count). The van der Waals surface area contributed by atoms with Crippen molar-refractivity contribution in [1.29, 1.82) is 0 Å². The molecule has 100 valence electrons. The topological polar surface area (TPSA) is 18.5 Å². The normalized spacial score (nSPS) is 24.6. The van der Waals surface area contributed by atoms with E-state index in [-0.39, 0.29) is 0 Å². The number of benzene rings is 1. The Morgan fingerprint density at radius 1 is 1.44 bits per heavy atom. The SMILES string of the molecule is CC1CN(c2cccc(Cl)c2)C(CN(C)C)CN1. The summed E-state index contributed by atoms with van der Waals surface area (Å²) in [4.78, 5) is 4.70. The van der Waals surface area contributed by atoms with E-state index in [0.717, 1.165) is 24.7 Å². The number of halogens is 1. The fraction of sp³-hybridized carbons (Fsp3) is 0.571. The van der Waals surface area contributed by atoms with Crippen molar-refractivity contribution >= 4 is 17.3 Å². The molecule has 0 radical (unpaired) electrons. The molecule has 0 aliphatic carbocycles. The van der Waals surface area contributed by atoms with Crippen LogP contribution in [-0.2, 0) is 0 Å². The van der Waals surface area contributed by atoms with Crippen LogP contribution in [0.1, 0.15) is 6.92 Å². The van der Waals surface area contributed by atoms with Gasteiger partial charge in [-0.15, -0.1) is 0 Å². The lowest BCUT2D eigenvalue weighted by atomic mass is 10.1. The molecule has 3 nitrogen and oxygen atoms in total. The van der Waals surface area contributed by atoms with Gasteiger partial charge >= 0.3 is 0 Å². The van der Waals surface area contributed by atoms with E-state index in [1.165, 1.54) is 5.69 Å². The van der Waals surface area contributed by atoms with Crippen LogP contribution in [0, 0.1) is 0 Å². The lowest BCUT2D eigenvalue weighted by Gasteiger charge is -2.42. The molecular weight excluding hydrogens is 246 g/mol. The molecular formula is C14H22ClN3. The standard InChI is InChI=1S/C14H22ClN3/c1-11-9-18(13-6-4-5-12(15)7-13)14(8-16-11)10-17(2)3/h4-7,11,14,16H,8-10H2,1-3H3. The van der Waals surface area contributed by atoms with Gasteiger partial charge < -0.3 is 15.1 Å². The maximum atomic E-state index is 6.10. The first-order valence-corrected chi connectivity index (χ1v) is 6.84. The number of hydrogen-bond donors (Lipinski definition) is 1. The quantitative estimate of drug-likeness (QED) is 0.905. The van der Waals surface area contributed by atoms with E-state index in [0.29, 0.717) is 12.1 Å². The first-order valence-electron chi connectivity index (χ1n) is 6.46. The van der Waals surface area contributed by atoms with Crippen LogP contribution in [0.25, 0.3) is 0 Å². The third-order valence-corrected chi connectivity index (χ3v) is 3.56. The van der Waals surface area contributed by atoms with E-state index in [4.69, 9.17) is 11.6 Å². The van der Waals surface area contributed by atoms with Gasteiger partial charge in [-0.25, -0.2) is 0 Å². The molecule has 18 heavy (non-hydrogen) atoms. The summed E-state index contributed by atoms with van der Waals surface area (Å²) in [6.45, 7) is 5.32. The largest absolute Gasteiger partial charge is 0.364 e. The zero-order chi connectivity index (χ0) is 13.1. The van der Waals surface area contributed by atoms with Crippen molar-refractivity contribution in [2.75, 3.05) is 38.6 Å². The molecule has 0 saturated carbocycles. The molecule has 0 aromatic heterocycles. The second-order valence-corrected chi connectivity index (χ2v) is 5.79. The van der Waals surface area contributed by atoms with Gasteiger partial charge in [0.1, 0.15) is 0 Å². The number of rotatable bonds is 3. The summed E-state index contributed by atoms with van der Waals surface area (Å²) >= 11 is 6.10. The van der Waals surface area contributed by atoms with E-state index in [1.54, 1.807) is 0 Å². The summed E-state index contributed by atoms with van der Waals surface area (Å²) in [5, 5.41) is 4.36. The van der Waals surface area contributed by atoms with Crippen LogP contribution in [0.5, 0.6) is 0 Å². The van der Waals surface area contributed by atoms with Crippen molar-refractivity contribution in [3.8, 4) is 0 Å². The number of anilines is 1. The zero-order valence-corrected chi connectivity index (χ0v) is 12.1. The number of likely N-dealkylation sites (N-methyl/N-ethyl adjacent to an activating group) is 1. The van der Waals surface area contributed by atoms with E-state index in [2.05, 4.69) is 48.3 Å². The van der Waals surface area contributed by atoms with Crippen molar-refractivity contribution in [1.82, 2.24) is 10.2 Å². The monoisotopic (exact) mass is 267 g/mol. The van der Waals surface area contributed by atoms with Crippen LogP contribution < -0.4 is 10.2 Å². The summed E-state index contributed by atoms with van der Waals surface area (Å²) < 4.78 is 0. The van der Waals surface area contributed by atoms with Crippen LogP contribution in [0.15, 0.2) is 24.3 Å². The van der Waals surface area contributed by atoms with Crippen molar-refractivity contribution in [3.63, 3.8) is 0 Å². The molecule has 1 aliphatic rings. The zero-order valence-electron chi connectivity index (χ0n) is 11.4. The summed E-state index contributed by atoms with van der Waals surface area (Å²) in [5.74, 6) is 0. The molecule has 0 spiro atoms. The number of piperazine rings is 1. The molecule has 1 fully saturated rings. The van der Waals surface area contributed by atoms with Crippen molar-refractivity contribution < 1.29 is 0 Å². The molecule has 0 amide bonds. The van der Waals surface area contributed by atoms with Gasteiger partial charge in [0.25, 0.3) is 0 Å². The highest BCUT2D eigenvalue weighted by atomic mass is 35.5. The van der Waals surface area contributed by atoms with Crippen molar-refractivity contribution in [3.05, 3.63) is 29.3 Å². The van der Waals surface area contributed by atoms with Crippen LogP contribution in [0.4, 0.5) is 5.69 Å². The van der Waals surface area contributed by atoms with Gasteiger partial charge in [-0.05, 0) is 39.2 Å². The van der Waals surface area contributed by atoms with Crippen LogP contribution in [0.2, 0.25) is 5.02 Å². The Kier molecular flexibility index (Phi) is 4.49. The molecule has 2 unspecified atom stereocenters. The minimum absolute atomic E-state index is 0.495. The summed E-state index contributed by atoms with van der Waals surface area (Å²) in [5.41, 5.74) is 1.22. The van der Waals surface area contributed by atoms with Gasteiger partial charge in [-0.1, -0.05) is 17.7 Å². The first kappa shape index (κ1) is 13.7. The smallest absolute Gasteiger partial charge is 0.0542 e. The fourth-order valence-corrected chi connectivity index (χ4v) is 2.70. The Balaban J connectivity index is 2.19. The highest BCUT2D eigenvalue weighted by Crippen LogP contribution is 2.23. The minimum Gasteiger partial charge on any atom is -0.364 e. The minimum atomic E-state index is 0.495. The van der Waals surface area contributed by atoms with E-state index >= 15 is 0 Å². The maximum Gasteiger partial charge on any atom is 0.0542 e. The molecule has 1 saturated heterocycles. The summed E-state index contributed by atoms with van der Waals surface area (Å²) in [7, 11) is 4.24. The van der Waals surface area contributed by atoms with Gasteiger partial charge in [0, 0.05) is 36.4 Å². The van der Waals surface area contributed by atoms with Crippen LogP contribution in [-0.4, -0.2) is 50.7 Å². The van der Waals surface area contributed by atoms with Gasteiger partial charge in [-0.3, -0.25) is 0 Å². The van der Waals surface area contributed by atoms with E-state index < -0.39 is 0 Å². The molecule has 1 aliphatic heterocycles. The lowest BCUT2D eigenvalue weighted by Crippen LogP contribution is -2.58. The second kappa shape index (κ2) is 5.91. The Bertz CT molecular complexity index is 394. The fourth-order valence-electron chi connectivity index (χ4n) is 2.51. The van der Waals surface area contributed by atoms with Crippen molar-refractivity contribution in [2.45, 2.75) is 19.0 Å². The van der Waals surface area contributed by atoms with Gasteiger partial charge in [0.2, 0.25) is 0 Å². The number of nitrogens with one attached hydrogen (secondary N) is 1. The molecule has 4 heteroatoms. The molecule has 1 N–H and O–H groups in total. The maximum absolute atomic E-state index is 6.10. The van der Waals surface area contributed by atoms with Gasteiger partial charge in [0.15, 0.2) is 0 Å². The highest BCUT2D eigenvalue weighted by Gasteiger charge is 2.26. The Morgan fingerprint density at radius 3 is 2.89 bits per heavy atom. The van der Waals surface area contributed by atoms with E-state index in [9.17, 15) is 0 Å². The second-order valence-electron chi connectivity index (χ2n) is 5.36. The summed E-state index contributed by atoms with van der Waals surface area (Å²) in [6.07, 6.45) is 0. The average molecular weight is 268 g/mol. The van der Waals surface area contributed by atoms with Crippen LogP contribution in [0.3, 0.4) is 0 Å². The van der Waals surface area contributed by atoms with Crippen molar-refractivity contribution in [2.24, 2.45) is 0 Å².